The number of ether oxygens (including phenoxy) is 1. The largest absolute Gasteiger partial charge is 0.483 e. The zero-order valence-corrected chi connectivity index (χ0v) is 17.5. The molecule has 1 N–H and O–H groups in total. The number of aryl methyl sites for hydroxylation is 2. The van der Waals surface area contributed by atoms with Gasteiger partial charge in [0, 0.05) is 43.3 Å². The highest BCUT2D eigenvalue weighted by molar-refractivity contribution is 5.89. The number of para-hydroxylation sites is 2. The molecule has 0 atom stereocenters. The number of piperazine rings is 1. The second-order valence-corrected chi connectivity index (χ2v) is 7.81. The molecule has 2 heterocycles. The van der Waals surface area contributed by atoms with Crippen LogP contribution in [0.15, 0.2) is 48.7 Å². The van der Waals surface area contributed by atoms with E-state index in [1.54, 1.807) is 4.90 Å². The Morgan fingerprint density at radius 2 is 1.53 bits per heavy atom. The van der Waals surface area contributed by atoms with Crippen LogP contribution in [0, 0.1) is 13.8 Å². The van der Waals surface area contributed by atoms with Crippen LogP contribution in [0.5, 0.6) is 5.75 Å². The molecule has 1 aliphatic heterocycles. The standard InChI is InChI=1S/C24H27N3O3/c1-17-6-5-7-18(2)24(17)30-16-23(29)27-12-10-26(11-13-27)22(28)14-19-15-25-21-9-4-3-8-20(19)21/h3-9,15,25H,10-14,16H2,1-2H3. The summed E-state index contributed by atoms with van der Waals surface area (Å²) in [5.41, 5.74) is 4.10. The van der Waals surface area contributed by atoms with Crippen LogP contribution in [-0.2, 0) is 16.0 Å². The molecule has 30 heavy (non-hydrogen) atoms. The van der Waals surface area contributed by atoms with Gasteiger partial charge >= 0.3 is 0 Å². The molecule has 0 unspecified atom stereocenters. The molecule has 2 amide bonds. The van der Waals surface area contributed by atoms with Gasteiger partial charge in [0.2, 0.25) is 5.91 Å². The van der Waals surface area contributed by atoms with Gasteiger partial charge in [-0.3, -0.25) is 9.59 Å². The molecule has 0 aliphatic carbocycles. The van der Waals surface area contributed by atoms with Crippen molar-refractivity contribution in [2.75, 3.05) is 32.8 Å². The molecular formula is C24H27N3O3. The van der Waals surface area contributed by atoms with Crippen molar-refractivity contribution in [3.8, 4) is 5.75 Å². The van der Waals surface area contributed by atoms with E-state index in [4.69, 9.17) is 4.74 Å². The third-order valence-electron chi connectivity index (χ3n) is 5.75. The number of hydrogen-bond donors (Lipinski definition) is 1. The van der Waals surface area contributed by atoms with Gasteiger partial charge in [0.1, 0.15) is 5.75 Å². The van der Waals surface area contributed by atoms with Gasteiger partial charge < -0.3 is 19.5 Å². The van der Waals surface area contributed by atoms with Gasteiger partial charge in [0.05, 0.1) is 6.42 Å². The third kappa shape index (κ3) is 4.17. The first-order chi connectivity index (χ1) is 14.5. The zero-order valence-electron chi connectivity index (χ0n) is 17.5. The number of H-pyrrole nitrogens is 1. The van der Waals surface area contributed by atoms with Crippen molar-refractivity contribution in [1.29, 1.82) is 0 Å². The van der Waals surface area contributed by atoms with Crippen LogP contribution in [0.1, 0.15) is 16.7 Å². The average Bonchev–Trinajstić information content (AvgIpc) is 3.16. The van der Waals surface area contributed by atoms with Crippen molar-refractivity contribution in [3.63, 3.8) is 0 Å². The number of aromatic amines is 1. The summed E-state index contributed by atoms with van der Waals surface area (Å²) < 4.78 is 5.79. The van der Waals surface area contributed by atoms with Gasteiger partial charge in [-0.15, -0.1) is 0 Å². The number of benzene rings is 2. The van der Waals surface area contributed by atoms with E-state index in [0.29, 0.717) is 32.6 Å². The molecule has 1 saturated heterocycles. The molecule has 0 bridgehead atoms. The van der Waals surface area contributed by atoms with Gasteiger partial charge in [-0.1, -0.05) is 36.4 Å². The number of rotatable bonds is 5. The molecule has 1 aromatic heterocycles. The smallest absolute Gasteiger partial charge is 0.260 e. The Labute approximate surface area is 176 Å². The Morgan fingerprint density at radius 1 is 0.900 bits per heavy atom. The number of hydrogen-bond acceptors (Lipinski definition) is 3. The molecule has 6 nitrogen and oxygen atoms in total. The maximum absolute atomic E-state index is 12.8. The number of fused-ring (bicyclic) bond motifs is 1. The van der Waals surface area contributed by atoms with Gasteiger partial charge in [-0.2, -0.15) is 0 Å². The van der Waals surface area contributed by atoms with Crippen LogP contribution in [0.3, 0.4) is 0 Å². The van der Waals surface area contributed by atoms with E-state index in [9.17, 15) is 9.59 Å². The van der Waals surface area contributed by atoms with Gasteiger partial charge in [0.15, 0.2) is 6.61 Å². The van der Waals surface area contributed by atoms with Crippen molar-refractivity contribution in [2.24, 2.45) is 0 Å². The van der Waals surface area contributed by atoms with E-state index in [1.165, 1.54) is 0 Å². The Hall–Kier alpha value is -3.28. The van der Waals surface area contributed by atoms with Crippen molar-refractivity contribution in [1.82, 2.24) is 14.8 Å². The number of aromatic nitrogens is 1. The molecule has 0 radical (unpaired) electrons. The predicted molar refractivity (Wildman–Crippen MR) is 117 cm³/mol. The fraction of sp³-hybridized carbons (Fsp3) is 0.333. The van der Waals surface area contributed by atoms with Gasteiger partial charge in [0.25, 0.3) is 5.91 Å². The number of nitrogens with one attached hydrogen (secondary N) is 1. The van der Waals surface area contributed by atoms with Crippen LogP contribution in [-0.4, -0.2) is 59.4 Å². The summed E-state index contributed by atoms with van der Waals surface area (Å²) in [5, 5.41) is 1.09. The minimum absolute atomic E-state index is 0.0228. The van der Waals surface area contributed by atoms with Crippen LogP contribution in [0.25, 0.3) is 10.9 Å². The van der Waals surface area contributed by atoms with Crippen molar-refractivity contribution in [2.45, 2.75) is 20.3 Å². The molecule has 6 heteroatoms. The van der Waals surface area contributed by atoms with Crippen LogP contribution in [0.2, 0.25) is 0 Å². The molecule has 4 rings (SSSR count). The van der Waals surface area contributed by atoms with Crippen LogP contribution >= 0.6 is 0 Å². The Kier molecular flexibility index (Phi) is 5.74. The molecule has 0 saturated carbocycles. The van der Waals surface area contributed by atoms with E-state index >= 15 is 0 Å². The highest BCUT2D eigenvalue weighted by Gasteiger charge is 2.25. The lowest BCUT2D eigenvalue weighted by atomic mass is 10.1. The summed E-state index contributed by atoms with van der Waals surface area (Å²) in [4.78, 5) is 32.2. The van der Waals surface area contributed by atoms with E-state index < -0.39 is 0 Å². The first kappa shape index (κ1) is 20.0. The first-order valence-corrected chi connectivity index (χ1v) is 10.3. The number of nitrogens with zero attached hydrogens (tertiary/aromatic N) is 2. The fourth-order valence-corrected chi connectivity index (χ4v) is 4.01. The van der Waals surface area contributed by atoms with Gasteiger partial charge in [-0.05, 0) is 36.6 Å². The van der Waals surface area contributed by atoms with Crippen LogP contribution < -0.4 is 4.74 Å². The lowest BCUT2D eigenvalue weighted by Gasteiger charge is -2.34. The SMILES string of the molecule is Cc1cccc(C)c1OCC(=O)N1CCN(C(=O)Cc2c[nH]c3ccccc23)CC1. The quantitative estimate of drug-likeness (QED) is 0.710. The summed E-state index contributed by atoms with van der Waals surface area (Å²) >= 11 is 0. The molecule has 156 valence electrons. The summed E-state index contributed by atoms with van der Waals surface area (Å²) in [5.74, 6) is 0.832. The lowest BCUT2D eigenvalue weighted by Crippen LogP contribution is -2.52. The molecule has 2 aromatic carbocycles. The molecular weight excluding hydrogens is 378 g/mol. The summed E-state index contributed by atoms with van der Waals surface area (Å²) in [6, 6.07) is 13.9. The van der Waals surface area contributed by atoms with Crippen molar-refractivity contribution in [3.05, 3.63) is 65.4 Å². The van der Waals surface area contributed by atoms with Gasteiger partial charge in [-0.25, -0.2) is 0 Å². The Bertz CT molecular complexity index is 1040. The van der Waals surface area contributed by atoms with Crippen LogP contribution in [0.4, 0.5) is 0 Å². The second-order valence-electron chi connectivity index (χ2n) is 7.81. The van der Waals surface area contributed by atoms with E-state index in [2.05, 4.69) is 4.98 Å². The topological polar surface area (TPSA) is 65.6 Å². The Balaban J connectivity index is 1.29. The minimum atomic E-state index is -0.0404. The molecule has 1 aliphatic rings. The second kappa shape index (κ2) is 8.61. The number of amides is 2. The predicted octanol–water partition coefficient (Wildman–Crippen LogP) is 3.08. The molecule has 3 aromatic rings. The van der Waals surface area contributed by atoms with E-state index in [0.717, 1.165) is 33.3 Å². The number of carbonyl (C=O) groups is 2. The lowest BCUT2D eigenvalue weighted by molar-refractivity contribution is -0.140. The minimum Gasteiger partial charge on any atom is -0.483 e. The average molecular weight is 405 g/mol. The maximum atomic E-state index is 12.8. The van der Waals surface area contributed by atoms with E-state index in [-0.39, 0.29) is 18.4 Å². The third-order valence-corrected chi connectivity index (χ3v) is 5.75. The first-order valence-electron chi connectivity index (χ1n) is 10.3. The summed E-state index contributed by atoms with van der Waals surface area (Å²) in [6.45, 7) is 6.15. The van der Waals surface area contributed by atoms with Crippen molar-refractivity contribution < 1.29 is 14.3 Å². The fourth-order valence-electron chi connectivity index (χ4n) is 4.01. The summed E-state index contributed by atoms with van der Waals surface area (Å²) in [6.07, 6.45) is 2.28. The highest BCUT2D eigenvalue weighted by Crippen LogP contribution is 2.22. The van der Waals surface area contributed by atoms with Crippen molar-refractivity contribution >= 4 is 22.7 Å². The maximum Gasteiger partial charge on any atom is 0.260 e. The summed E-state index contributed by atoms with van der Waals surface area (Å²) in [7, 11) is 0. The molecule has 0 spiro atoms. The highest BCUT2D eigenvalue weighted by atomic mass is 16.5. The normalized spacial score (nSPS) is 14.2. The van der Waals surface area contributed by atoms with E-state index in [1.807, 2.05) is 67.4 Å². The molecule has 1 fully saturated rings. The Morgan fingerprint density at radius 3 is 2.23 bits per heavy atom. The number of carbonyl (C=O) groups excluding carboxylic acids is 2. The zero-order chi connectivity index (χ0) is 21.1. The monoisotopic (exact) mass is 405 g/mol.